The van der Waals surface area contributed by atoms with Gasteiger partial charge >= 0.3 is 11.9 Å². The minimum Gasteiger partial charge on any atom is -0.462 e. The first-order valence-corrected chi connectivity index (χ1v) is 8.77. The number of carbonyl (C=O) groups is 2. The number of aromatic nitrogens is 1. The number of nitrogens with zero attached hydrogens (tertiary/aromatic N) is 1. The van der Waals surface area contributed by atoms with Gasteiger partial charge in [-0.3, -0.25) is 0 Å². The van der Waals surface area contributed by atoms with Crippen LogP contribution in [0.4, 0.5) is 0 Å². The van der Waals surface area contributed by atoms with E-state index in [1.54, 1.807) is 11.5 Å². The summed E-state index contributed by atoms with van der Waals surface area (Å²) in [6, 6.07) is 9.31. The Labute approximate surface area is 153 Å². The molecular formula is C20H25NO5. The van der Waals surface area contributed by atoms with E-state index in [1.165, 1.54) is 0 Å². The summed E-state index contributed by atoms with van der Waals surface area (Å²) in [5.74, 6) is -0.979. The lowest BCUT2D eigenvalue weighted by Crippen LogP contribution is -2.15. The fraction of sp³-hybridized carbons (Fsp3) is 0.400. The molecule has 0 amide bonds. The van der Waals surface area contributed by atoms with E-state index in [4.69, 9.17) is 14.2 Å². The van der Waals surface area contributed by atoms with Crippen LogP contribution in [0.25, 0.3) is 11.1 Å². The number of benzene rings is 1. The van der Waals surface area contributed by atoms with Gasteiger partial charge in [0.1, 0.15) is 5.69 Å². The van der Waals surface area contributed by atoms with Crippen molar-refractivity contribution in [1.29, 1.82) is 0 Å². The Kier molecular flexibility index (Phi) is 6.97. The average molecular weight is 359 g/mol. The monoisotopic (exact) mass is 359 g/mol. The van der Waals surface area contributed by atoms with Crippen LogP contribution in [0.5, 0.6) is 0 Å². The van der Waals surface area contributed by atoms with Gasteiger partial charge in [0, 0.05) is 24.4 Å². The average Bonchev–Trinajstić information content (AvgIpc) is 2.95. The van der Waals surface area contributed by atoms with E-state index in [0.29, 0.717) is 35.7 Å². The van der Waals surface area contributed by atoms with E-state index in [0.717, 1.165) is 5.56 Å². The standard InChI is InChI=1S/C20H25NO5/c1-5-21-14(4)16(19(22)25-7-3)17(15-11-9-8-10-12-15)18(21)20(23)26-13-24-6-2/h8-12H,5-7,13H2,1-4H3. The summed E-state index contributed by atoms with van der Waals surface area (Å²) in [6.45, 7) is 8.38. The number of ether oxygens (including phenoxy) is 3. The zero-order valence-corrected chi connectivity index (χ0v) is 15.7. The molecule has 140 valence electrons. The summed E-state index contributed by atoms with van der Waals surface area (Å²) in [7, 11) is 0. The van der Waals surface area contributed by atoms with Crippen molar-refractivity contribution in [3.05, 3.63) is 47.3 Å². The van der Waals surface area contributed by atoms with E-state index in [1.807, 2.05) is 51.1 Å². The number of hydrogen-bond donors (Lipinski definition) is 0. The first-order valence-electron chi connectivity index (χ1n) is 8.77. The number of carbonyl (C=O) groups excluding carboxylic acids is 2. The second-order valence-corrected chi connectivity index (χ2v) is 5.56. The quantitative estimate of drug-likeness (QED) is 0.407. The van der Waals surface area contributed by atoms with Crippen LogP contribution in [0.1, 0.15) is 47.3 Å². The van der Waals surface area contributed by atoms with Gasteiger partial charge in [-0.1, -0.05) is 30.3 Å². The highest BCUT2D eigenvalue weighted by atomic mass is 16.7. The van der Waals surface area contributed by atoms with Crippen molar-refractivity contribution in [3.63, 3.8) is 0 Å². The third-order valence-electron chi connectivity index (χ3n) is 4.05. The molecule has 0 N–H and O–H groups in total. The molecular weight excluding hydrogens is 334 g/mol. The van der Waals surface area contributed by atoms with Gasteiger partial charge in [0.25, 0.3) is 0 Å². The fourth-order valence-corrected chi connectivity index (χ4v) is 2.93. The second-order valence-electron chi connectivity index (χ2n) is 5.56. The van der Waals surface area contributed by atoms with E-state index in [9.17, 15) is 9.59 Å². The van der Waals surface area contributed by atoms with Gasteiger partial charge in [-0.25, -0.2) is 9.59 Å². The molecule has 0 unspecified atom stereocenters. The highest BCUT2D eigenvalue weighted by Crippen LogP contribution is 2.34. The van der Waals surface area contributed by atoms with Gasteiger partial charge < -0.3 is 18.8 Å². The van der Waals surface area contributed by atoms with Crippen molar-refractivity contribution < 1.29 is 23.8 Å². The van der Waals surface area contributed by atoms with Crippen LogP contribution in [0, 0.1) is 6.92 Å². The molecule has 0 aliphatic carbocycles. The Balaban J connectivity index is 2.66. The maximum absolute atomic E-state index is 12.8. The van der Waals surface area contributed by atoms with E-state index in [-0.39, 0.29) is 13.4 Å². The molecule has 1 aromatic carbocycles. The molecule has 0 bridgehead atoms. The summed E-state index contributed by atoms with van der Waals surface area (Å²) in [5.41, 5.74) is 2.69. The zero-order valence-electron chi connectivity index (χ0n) is 15.7. The number of esters is 2. The molecule has 0 fully saturated rings. The van der Waals surface area contributed by atoms with Crippen molar-refractivity contribution in [2.45, 2.75) is 34.2 Å². The van der Waals surface area contributed by atoms with Crippen LogP contribution in [-0.2, 0) is 20.8 Å². The van der Waals surface area contributed by atoms with Crippen molar-refractivity contribution >= 4 is 11.9 Å². The molecule has 6 nitrogen and oxygen atoms in total. The highest BCUT2D eigenvalue weighted by molar-refractivity contribution is 6.06. The van der Waals surface area contributed by atoms with Crippen molar-refractivity contribution in [2.24, 2.45) is 0 Å². The maximum Gasteiger partial charge on any atom is 0.357 e. The fourth-order valence-electron chi connectivity index (χ4n) is 2.93. The topological polar surface area (TPSA) is 66.8 Å². The lowest BCUT2D eigenvalue weighted by Gasteiger charge is -2.11. The van der Waals surface area contributed by atoms with Crippen molar-refractivity contribution in [2.75, 3.05) is 20.0 Å². The van der Waals surface area contributed by atoms with Gasteiger partial charge in [0.2, 0.25) is 0 Å². The Morgan fingerprint density at radius 2 is 1.65 bits per heavy atom. The molecule has 0 aliphatic rings. The predicted molar refractivity (Wildman–Crippen MR) is 98.1 cm³/mol. The van der Waals surface area contributed by atoms with Crippen LogP contribution in [-0.4, -0.2) is 36.5 Å². The maximum atomic E-state index is 12.8. The number of rotatable bonds is 8. The van der Waals surface area contributed by atoms with E-state index >= 15 is 0 Å². The van der Waals surface area contributed by atoms with Crippen LogP contribution in [0.15, 0.2) is 30.3 Å². The molecule has 0 aliphatic heterocycles. The first-order chi connectivity index (χ1) is 12.6. The molecule has 0 radical (unpaired) electrons. The van der Waals surface area contributed by atoms with E-state index in [2.05, 4.69) is 0 Å². The van der Waals surface area contributed by atoms with Crippen LogP contribution >= 0.6 is 0 Å². The first kappa shape index (κ1) is 19.7. The molecule has 0 spiro atoms. The zero-order chi connectivity index (χ0) is 19.1. The van der Waals surface area contributed by atoms with Crippen LogP contribution in [0.3, 0.4) is 0 Å². The van der Waals surface area contributed by atoms with Gasteiger partial charge in [0.15, 0.2) is 6.79 Å². The minimum absolute atomic E-state index is 0.133. The Bertz CT molecular complexity index is 764. The smallest absolute Gasteiger partial charge is 0.357 e. The molecule has 0 atom stereocenters. The predicted octanol–water partition coefficient (Wildman–Crippen LogP) is 3.81. The third-order valence-corrected chi connectivity index (χ3v) is 4.05. The Morgan fingerprint density at radius 1 is 0.962 bits per heavy atom. The SMILES string of the molecule is CCOCOC(=O)c1c(-c2ccccc2)c(C(=O)OCC)c(C)n1CC. The van der Waals surface area contributed by atoms with Gasteiger partial charge in [-0.2, -0.15) is 0 Å². The summed E-state index contributed by atoms with van der Waals surface area (Å²) < 4.78 is 17.4. The normalized spacial score (nSPS) is 10.6. The van der Waals surface area contributed by atoms with E-state index < -0.39 is 11.9 Å². The van der Waals surface area contributed by atoms with Gasteiger partial charge in [-0.15, -0.1) is 0 Å². The minimum atomic E-state index is -0.530. The summed E-state index contributed by atoms with van der Waals surface area (Å²) >= 11 is 0. The number of hydrogen-bond acceptors (Lipinski definition) is 5. The lowest BCUT2D eigenvalue weighted by molar-refractivity contribution is -0.0281. The van der Waals surface area contributed by atoms with Crippen LogP contribution < -0.4 is 0 Å². The molecule has 6 heteroatoms. The van der Waals surface area contributed by atoms with Crippen LogP contribution in [0.2, 0.25) is 0 Å². The lowest BCUT2D eigenvalue weighted by atomic mass is 10.00. The molecule has 2 aromatic rings. The Hall–Kier alpha value is -2.60. The molecule has 2 rings (SSSR count). The molecule has 0 saturated heterocycles. The summed E-state index contributed by atoms with van der Waals surface area (Å²) in [5, 5.41) is 0. The Morgan fingerprint density at radius 3 is 2.23 bits per heavy atom. The molecule has 1 aromatic heterocycles. The summed E-state index contributed by atoms with van der Waals surface area (Å²) in [4.78, 5) is 25.4. The summed E-state index contributed by atoms with van der Waals surface area (Å²) in [6.07, 6.45) is 0. The molecule has 0 saturated carbocycles. The third kappa shape index (κ3) is 3.96. The van der Waals surface area contributed by atoms with Gasteiger partial charge in [-0.05, 0) is 33.3 Å². The van der Waals surface area contributed by atoms with Crippen molar-refractivity contribution in [1.82, 2.24) is 4.57 Å². The van der Waals surface area contributed by atoms with Gasteiger partial charge in [0.05, 0.1) is 12.2 Å². The van der Waals surface area contributed by atoms with Crippen molar-refractivity contribution in [3.8, 4) is 11.1 Å². The largest absolute Gasteiger partial charge is 0.462 e. The second kappa shape index (κ2) is 9.20. The molecule has 1 heterocycles. The highest BCUT2D eigenvalue weighted by Gasteiger charge is 2.30. The molecule has 26 heavy (non-hydrogen) atoms.